The van der Waals surface area contributed by atoms with E-state index < -0.39 is 23.5 Å². The molecule has 0 spiro atoms. The maximum atomic E-state index is 13.0. The highest BCUT2D eigenvalue weighted by Gasteiger charge is 2.56. The minimum Gasteiger partial charge on any atom is -0.390 e. The quantitative estimate of drug-likeness (QED) is 0.834. The van der Waals surface area contributed by atoms with Gasteiger partial charge < -0.3 is 15.5 Å². The second-order valence-electron chi connectivity index (χ2n) is 5.70. The fourth-order valence-corrected chi connectivity index (χ4v) is 2.85. The first-order valence-corrected chi connectivity index (χ1v) is 6.49. The molecule has 2 aliphatic rings. The molecular formula is C12H18F3N3O2. The van der Waals surface area contributed by atoms with Gasteiger partial charge in [0.25, 0.3) is 5.91 Å². The van der Waals surface area contributed by atoms with Crippen LogP contribution in [0.4, 0.5) is 13.2 Å². The largest absolute Gasteiger partial charge is 0.394 e. The third kappa shape index (κ3) is 2.48. The van der Waals surface area contributed by atoms with Crippen molar-refractivity contribution in [1.82, 2.24) is 4.90 Å². The van der Waals surface area contributed by atoms with Crippen LogP contribution >= 0.6 is 0 Å². The summed E-state index contributed by atoms with van der Waals surface area (Å²) in [6.45, 7) is 3.16. The van der Waals surface area contributed by atoms with E-state index in [-0.39, 0.29) is 37.7 Å². The van der Waals surface area contributed by atoms with E-state index in [1.807, 2.05) is 0 Å². The molecule has 2 unspecified atom stereocenters. The lowest BCUT2D eigenvalue weighted by Crippen LogP contribution is -2.51. The Bertz CT molecular complexity index is 434. The van der Waals surface area contributed by atoms with Crippen molar-refractivity contribution in [2.45, 2.75) is 44.5 Å². The third-order valence-corrected chi connectivity index (χ3v) is 4.07. The molecule has 2 atom stereocenters. The van der Waals surface area contributed by atoms with Crippen LogP contribution in [-0.4, -0.2) is 47.4 Å². The number of amides is 1. The van der Waals surface area contributed by atoms with Crippen LogP contribution < -0.4 is 5.73 Å². The van der Waals surface area contributed by atoms with Crippen molar-refractivity contribution in [2.75, 3.05) is 13.1 Å². The molecular weight excluding hydrogens is 275 g/mol. The predicted molar refractivity (Wildman–Crippen MR) is 65.9 cm³/mol. The van der Waals surface area contributed by atoms with Crippen molar-refractivity contribution in [3.05, 3.63) is 0 Å². The van der Waals surface area contributed by atoms with Crippen molar-refractivity contribution in [1.29, 1.82) is 0 Å². The Morgan fingerprint density at radius 1 is 1.55 bits per heavy atom. The van der Waals surface area contributed by atoms with Crippen molar-refractivity contribution >= 4 is 11.6 Å². The number of hydrogen-bond acceptors (Lipinski definition) is 4. The molecule has 114 valence electrons. The Morgan fingerprint density at radius 3 is 2.65 bits per heavy atom. The SMILES string of the molecule is CC1(C)C(C(F)(F)F)CCN1C(=O)C1=NOC(CN)C1. The third-order valence-electron chi connectivity index (χ3n) is 4.07. The van der Waals surface area contributed by atoms with E-state index in [9.17, 15) is 18.0 Å². The number of likely N-dealkylation sites (tertiary alicyclic amines) is 1. The highest BCUT2D eigenvalue weighted by Crippen LogP contribution is 2.44. The van der Waals surface area contributed by atoms with Crippen LogP contribution in [0.25, 0.3) is 0 Å². The Balaban J connectivity index is 2.13. The lowest BCUT2D eigenvalue weighted by molar-refractivity contribution is -0.191. The van der Waals surface area contributed by atoms with Crippen LogP contribution in [0.15, 0.2) is 5.16 Å². The molecule has 2 N–H and O–H groups in total. The topological polar surface area (TPSA) is 67.9 Å². The summed E-state index contributed by atoms with van der Waals surface area (Å²) in [7, 11) is 0. The van der Waals surface area contributed by atoms with E-state index in [0.717, 1.165) is 0 Å². The molecule has 5 nitrogen and oxygen atoms in total. The molecule has 0 aromatic heterocycles. The predicted octanol–water partition coefficient (Wildman–Crippen LogP) is 1.28. The van der Waals surface area contributed by atoms with Gasteiger partial charge in [0, 0.05) is 25.0 Å². The summed E-state index contributed by atoms with van der Waals surface area (Å²) in [5, 5.41) is 3.65. The smallest absolute Gasteiger partial charge is 0.390 e. The zero-order valence-electron chi connectivity index (χ0n) is 11.4. The highest BCUT2D eigenvalue weighted by atomic mass is 19.4. The molecule has 8 heteroatoms. The minimum absolute atomic E-state index is 0.0717. The Hall–Kier alpha value is -1.31. The van der Waals surface area contributed by atoms with Crippen LogP contribution in [-0.2, 0) is 9.63 Å². The van der Waals surface area contributed by atoms with Gasteiger partial charge in [0.05, 0.1) is 5.92 Å². The van der Waals surface area contributed by atoms with E-state index in [2.05, 4.69) is 5.16 Å². The van der Waals surface area contributed by atoms with Crippen LogP contribution in [0.1, 0.15) is 26.7 Å². The molecule has 1 fully saturated rings. The molecule has 0 bridgehead atoms. The maximum Gasteiger partial charge on any atom is 0.394 e. The lowest BCUT2D eigenvalue weighted by Gasteiger charge is -2.36. The van der Waals surface area contributed by atoms with Gasteiger partial charge in [-0.1, -0.05) is 5.16 Å². The average Bonchev–Trinajstić information content (AvgIpc) is 2.90. The molecule has 20 heavy (non-hydrogen) atoms. The molecule has 0 radical (unpaired) electrons. The number of alkyl halides is 3. The molecule has 2 rings (SSSR count). The van der Waals surface area contributed by atoms with Gasteiger partial charge in [0.1, 0.15) is 11.8 Å². The van der Waals surface area contributed by atoms with Crippen molar-refractivity contribution in [3.63, 3.8) is 0 Å². The Labute approximate surface area is 114 Å². The van der Waals surface area contributed by atoms with E-state index in [0.29, 0.717) is 0 Å². The van der Waals surface area contributed by atoms with Gasteiger partial charge in [-0.15, -0.1) is 0 Å². The maximum absolute atomic E-state index is 13.0. The number of oxime groups is 1. The van der Waals surface area contributed by atoms with Crippen LogP contribution in [0.2, 0.25) is 0 Å². The first-order chi connectivity index (χ1) is 9.17. The van der Waals surface area contributed by atoms with Gasteiger partial charge in [0.15, 0.2) is 0 Å². The number of nitrogens with two attached hydrogens (primary N) is 1. The zero-order valence-corrected chi connectivity index (χ0v) is 11.4. The first kappa shape index (κ1) is 15.1. The summed E-state index contributed by atoms with van der Waals surface area (Å²) >= 11 is 0. The number of nitrogens with zero attached hydrogens (tertiary/aromatic N) is 2. The normalized spacial score (nSPS) is 29.3. The number of halogens is 3. The standard InChI is InChI=1S/C12H18F3N3O2/c1-11(2)9(12(13,14)15)3-4-18(11)10(19)8-5-7(6-16)20-17-8/h7,9H,3-6,16H2,1-2H3. The molecule has 0 aromatic carbocycles. The monoisotopic (exact) mass is 293 g/mol. The summed E-state index contributed by atoms with van der Waals surface area (Å²) in [6.07, 6.45) is -4.51. The summed E-state index contributed by atoms with van der Waals surface area (Å²) in [6, 6.07) is 0. The van der Waals surface area contributed by atoms with E-state index in [1.54, 1.807) is 0 Å². The fourth-order valence-electron chi connectivity index (χ4n) is 2.85. The van der Waals surface area contributed by atoms with Crippen molar-refractivity contribution in [2.24, 2.45) is 16.8 Å². The van der Waals surface area contributed by atoms with Crippen LogP contribution in [0.5, 0.6) is 0 Å². The molecule has 2 heterocycles. The number of hydrogen-bond donors (Lipinski definition) is 1. The van der Waals surface area contributed by atoms with Gasteiger partial charge in [-0.2, -0.15) is 13.2 Å². The van der Waals surface area contributed by atoms with Gasteiger partial charge in [-0.3, -0.25) is 4.79 Å². The van der Waals surface area contributed by atoms with Crippen LogP contribution in [0.3, 0.4) is 0 Å². The molecule has 2 aliphatic heterocycles. The van der Waals surface area contributed by atoms with Gasteiger partial charge in [0.2, 0.25) is 0 Å². The van der Waals surface area contributed by atoms with Gasteiger partial charge >= 0.3 is 6.18 Å². The van der Waals surface area contributed by atoms with Crippen molar-refractivity contribution < 1.29 is 22.8 Å². The van der Waals surface area contributed by atoms with E-state index in [4.69, 9.17) is 10.6 Å². The Kier molecular flexibility index (Phi) is 3.70. The number of carbonyl (C=O) groups is 1. The molecule has 1 saturated heterocycles. The molecule has 0 aliphatic carbocycles. The molecule has 1 amide bonds. The first-order valence-electron chi connectivity index (χ1n) is 6.49. The summed E-state index contributed by atoms with van der Waals surface area (Å²) in [5.74, 6) is -2.01. The summed E-state index contributed by atoms with van der Waals surface area (Å²) in [4.78, 5) is 18.5. The summed E-state index contributed by atoms with van der Waals surface area (Å²) < 4.78 is 38.9. The molecule has 0 saturated carbocycles. The highest BCUT2D eigenvalue weighted by molar-refractivity contribution is 6.39. The minimum atomic E-state index is -4.31. The number of rotatable bonds is 2. The van der Waals surface area contributed by atoms with Gasteiger partial charge in [-0.25, -0.2) is 0 Å². The number of carbonyl (C=O) groups excluding carboxylic acids is 1. The average molecular weight is 293 g/mol. The second kappa shape index (κ2) is 4.91. The van der Waals surface area contributed by atoms with E-state index >= 15 is 0 Å². The fraction of sp³-hybridized carbons (Fsp3) is 0.833. The summed E-state index contributed by atoms with van der Waals surface area (Å²) in [5.41, 5.74) is 4.28. The molecule has 0 aromatic rings. The van der Waals surface area contributed by atoms with E-state index in [1.165, 1.54) is 18.7 Å². The van der Waals surface area contributed by atoms with Crippen molar-refractivity contribution in [3.8, 4) is 0 Å². The lowest BCUT2D eigenvalue weighted by atomic mass is 9.87. The zero-order chi connectivity index (χ0) is 15.1. The van der Waals surface area contributed by atoms with Crippen LogP contribution in [0, 0.1) is 5.92 Å². The second-order valence-corrected chi connectivity index (χ2v) is 5.70. The Morgan fingerprint density at radius 2 is 2.20 bits per heavy atom. The van der Waals surface area contributed by atoms with Gasteiger partial charge in [-0.05, 0) is 20.3 Å².